The van der Waals surface area contributed by atoms with Gasteiger partial charge in [0.2, 0.25) is 0 Å². The van der Waals surface area contributed by atoms with Gasteiger partial charge in [0.05, 0.1) is 11.9 Å². The largest absolute Gasteiger partial charge is 0.480 e. The van der Waals surface area contributed by atoms with Crippen LogP contribution in [0.2, 0.25) is 0 Å². The highest BCUT2D eigenvalue weighted by atomic mass is 16.4. The number of aliphatic carboxylic acids is 1. The minimum absolute atomic E-state index is 0.125. The Kier molecular flexibility index (Phi) is 3.96. The summed E-state index contributed by atoms with van der Waals surface area (Å²) in [6, 6.07) is 16.0. The molecule has 2 aromatic carbocycles. The van der Waals surface area contributed by atoms with Crippen LogP contribution in [0.3, 0.4) is 0 Å². The van der Waals surface area contributed by atoms with Gasteiger partial charge in [-0.1, -0.05) is 47.7 Å². The summed E-state index contributed by atoms with van der Waals surface area (Å²) in [5.41, 5.74) is 2.81. The van der Waals surface area contributed by atoms with E-state index in [-0.39, 0.29) is 18.7 Å². The summed E-state index contributed by atoms with van der Waals surface area (Å²) in [6.45, 7) is 0.240. The summed E-state index contributed by atoms with van der Waals surface area (Å²) in [6.07, 6.45) is 1.81. The number of carbonyl (C=O) groups is 2. The quantitative estimate of drug-likeness (QED) is 0.781. The van der Waals surface area contributed by atoms with Crippen molar-refractivity contribution in [2.45, 2.75) is 19.0 Å². The SMILES string of the molecule is O=C(O)[C@H]1Cc2ccccc2CN1C(=O)c1cn(-c2ccccc2)nn1. The molecule has 26 heavy (non-hydrogen) atoms. The van der Waals surface area contributed by atoms with Crippen molar-refractivity contribution in [3.05, 3.63) is 77.6 Å². The molecule has 7 heteroatoms. The maximum Gasteiger partial charge on any atom is 0.326 e. The smallest absolute Gasteiger partial charge is 0.326 e. The molecule has 130 valence electrons. The summed E-state index contributed by atoms with van der Waals surface area (Å²) in [5.74, 6) is -1.46. The summed E-state index contributed by atoms with van der Waals surface area (Å²) >= 11 is 0. The zero-order valence-electron chi connectivity index (χ0n) is 13.8. The molecule has 0 aliphatic carbocycles. The van der Waals surface area contributed by atoms with Crippen molar-refractivity contribution in [1.82, 2.24) is 19.9 Å². The molecule has 7 nitrogen and oxygen atoms in total. The molecular weight excluding hydrogens is 332 g/mol. The summed E-state index contributed by atoms with van der Waals surface area (Å²) in [5, 5.41) is 17.5. The number of rotatable bonds is 3. The predicted molar refractivity (Wildman–Crippen MR) is 92.8 cm³/mol. The predicted octanol–water partition coefficient (Wildman–Crippen LogP) is 1.92. The van der Waals surface area contributed by atoms with E-state index in [9.17, 15) is 14.7 Å². The fraction of sp³-hybridized carbons (Fsp3) is 0.158. The van der Waals surface area contributed by atoms with Crippen LogP contribution >= 0.6 is 0 Å². The fourth-order valence-corrected chi connectivity index (χ4v) is 3.17. The second kappa shape index (κ2) is 6.44. The van der Waals surface area contributed by atoms with E-state index in [2.05, 4.69) is 10.3 Å². The van der Waals surface area contributed by atoms with Gasteiger partial charge in [0.1, 0.15) is 6.04 Å². The average molecular weight is 348 g/mol. The Morgan fingerprint density at radius 1 is 1.00 bits per heavy atom. The Morgan fingerprint density at radius 2 is 1.69 bits per heavy atom. The van der Waals surface area contributed by atoms with Crippen LogP contribution in [0, 0.1) is 0 Å². The highest BCUT2D eigenvalue weighted by molar-refractivity contribution is 5.95. The molecule has 0 radical (unpaired) electrons. The van der Waals surface area contributed by atoms with Crippen molar-refractivity contribution >= 4 is 11.9 Å². The molecule has 2 heterocycles. The maximum absolute atomic E-state index is 12.9. The number of carbonyl (C=O) groups excluding carboxylic acids is 1. The van der Waals surface area contributed by atoms with E-state index in [0.29, 0.717) is 0 Å². The summed E-state index contributed by atoms with van der Waals surface area (Å²) in [4.78, 5) is 26.0. The van der Waals surface area contributed by atoms with E-state index in [1.54, 1.807) is 0 Å². The molecule has 0 bridgehead atoms. The second-order valence-corrected chi connectivity index (χ2v) is 6.14. The van der Waals surface area contributed by atoms with Crippen molar-refractivity contribution in [3.8, 4) is 5.69 Å². The van der Waals surface area contributed by atoms with Crippen LogP contribution in [0.15, 0.2) is 60.8 Å². The fourth-order valence-electron chi connectivity index (χ4n) is 3.17. The lowest BCUT2D eigenvalue weighted by atomic mass is 9.94. The van der Waals surface area contributed by atoms with E-state index in [0.717, 1.165) is 16.8 Å². The second-order valence-electron chi connectivity index (χ2n) is 6.14. The van der Waals surface area contributed by atoms with Gasteiger partial charge in [-0.25, -0.2) is 9.48 Å². The van der Waals surface area contributed by atoms with E-state index >= 15 is 0 Å². The number of fused-ring (bicyclic) bond motifs is 1. The van der Waals surface area contributed by atoms with Gasteiger partial charge in [-0.05, 0) is 23.3 Å². The van der Waals surface area contributed by atoms with E-state index < -0.39 is 17.9 Å². The van der Waals surface area contributed by atoms with Crippen LogP contribution < -0.4 is 0 Å². The number of hydrogen-bond donors (Lipinski definition) is 1. The number of nitrogens with zero attached hydrogens (tertiary/aromatic N) is 4. The van der Waals surface area contributed by atoms with Crippen molar-refractivity contribution in [2.24, 2.45) is 0 Å². The highest BCUT2D eigenvalue weighted by Gasteiger charge is 2.35. The van der Waals surface area contributed by atoms with Gasteiger partial charge in [0, 0.05) is 13.0 Å². The van der Waals surface area contributed by atoms with Crippen LogP contribution in [0.4, 0.5) is 0 Å². The van der Waals surface area contributed by atoms with Gasteiger partial charge >= 0.3 is 5.97 Å². The number of amides is 1. The number of aromatic nitrogens is 3. The first kappa shape index (κ1) is 16.0. The molecule has 0 unspecified atom stereocenters. The molecule has 1 atom stereocenters. The molecular formula is C19H16N4O3. The zero-order chi connectivity index (χ0) is 18.1. The van der Waals surface area contributed by atoms with Crippen molar-refractivity contribution in [3.63, 3.8) is 0 Å². The minimum Gasteiger partial charge on any atom is -0.480 e. The van der Waals surface area contributed by atoms with Gasteiger partial charge in [-0.15, -0.1) is 5.10 Å². The normalized spacial score (nSPS) is 16.2. The number of carboxylic acid groups (broad SMARTS) is 1. The Balaban J connectivity index is 1.65. The van der Waals surface area contributed by atoms with E-state index in [1.165, 1.54) is 15.8 Å². The molecule has 1 aliphatic heterocycles. The number of hydrogen-bond acceptors (Lipinski definition) is 4. The van der Waals surface area contributed by atoms with Crippen LogP contribution in [-0.4, -0.2) is 42.9 Å². The van der Waals surface area contributed by atoms with Crippen LogP contribution in [-0.2, 0) is 17.8 Å². The average Bonchev–Trinajstić information content (AvgIpc) is 3.17. The van der Waals surface area contributed by atoms with Crippen LogP contribution in [0.5, 0.6) is 0 Å². The molecule has 1 amide bonds. The number of benzene rings is 2. The molecule has 1 N–H and O–H groups in total. The number of para-hydroxylation sites is 1. The lowest BCUT2D eigenvalue weighted by Gasteiger charge is -2.33. The van der Waals surface area contributed by atoms with E-state index in [1.807, 2.05) is 54.6 Å². The third kappa shape index (κ3) is 2.83. The minimum atomic E-state index is -1.02. The standard InChI is InChI=1S/C19H16N4O3/c24-18(16-12-23(21-20-16)15-8-2-1-3-9-15)22-11-14-7-5-4-6-13(14)10-17(22)19(25)26/h1-9,12,17H,10-11H2,(H,25,26)/t17-/m1/s1. The molecule has 0 saturated heterocycles. The Bertz CT molecular complexity index is 968. The zero-order valence-corrected chi connectivity index (χ0v) is 13.8. The highest BCUT2D eigenvalue weighted by Crippen LogP contribution is 2.25. The Hall–Kier alpha value is -3.48. The van der Waals surface area contributed by atoms with Crippen molar-refractivity contribution < 1.29 is 14.7 Å². The first-order valence-corrected chi connectivity index (χ1v) is 8.22. The van der Waals surface area contributed by atoms with Gasteiger partial charge < -0.3 is 10.0 Å². The lowest BCUT2D eigenvalue weighted by molar-refractivity contribution is -0.142. The first-order chi connectivity index (χ1) is 12.6. The molecule has 1 aliphatic rings. The third-order valence-electron chi connectivity index (χ3n) is 4.53. The molecule has 4 rings (SSSR count). The van der Waals surface area contributed by atoms with Crippen LogP contribution in [0.1, 0.15) is 21.6 Å². The Morgan fingerprint density at radius 3 is 2.42 bits per heavy atom. The van der Waals surface area contributed by atoms with Gasteiger partial charge in [0.15, 0.2) is 5.69 Å². The number of carboxylic acids is 1. The lowest BCUT2D eigenvalue weighted by Crippen LogP contribution is -2.48. The molecule has 1 aromatic heterocycles. The molecule has 0 spiro atoms. The third-order valence-corrected chi connectivity index (χ3v) is 4.53. The summed E-state index contributed by atoms with van der Waals surface area (Å²) in [7, 11) is 0. The Labute approximate surface area is 149 Å². The maximum atomic E-state index is 12.9. The first-order valence-electron chi connectivity index (χ1n) is 8.22. The summed E-state index contributed by atoms with van der Waals surface area (Å²) < 4.78 is 1.50. The van der Waals surface area contributed by atoms with Gasteiger partial charge in [0.25, 0.3) is 5.91 Å². The molecule has 0 saturated carbocycles. The topological polar surface area (TPSA) is 88.3 Å². The van der Waals surface area contributed by atoms with Crippen molar-refractivity contribution in [1.29, 1.82) is 0 Å². The van der Waals surface area contributed by atoms with Crippen LogP contribution in [0.25, 0.3) is 5.69 Å². The molecule has 0 fully saturated rings. The van der Waals surface area contributed by atoms with E-state index in [4.69, 9.17) is 0 Å². The van der Waals surface area contributed by atoms with Gasteiger partial charge in [-0.3, -0.25) is 4.79 Å². The van der Waals surface area contributed by atoms with Crippen molar-refractivity contribution in [2.75, 3.05) is 0 Å². The molecule has 3 aromatic rings. The van der Waals surface area contributed by atoms with Gasteiger partial charge in [-0.2, -0.15) is 0 Å². The monoisotopic (exact) mass is 348 g/mol.